The van der Waals surface area contributed by atoms with E-state index in [0.29, 0.717) is 16.3 Å². The first-order valence-electron chi connectivity index (χ1n) is 4.97. The minimum Gasteiger partial charge on any atom is -0.322 e. The molecule has 2 aromatic rings. The van der Waals surface area contributed by atoms with Crippen LogP contribution in [-0.4, -0.2) is 5.91 Å². The molecule has 0 aliphatic rings. The Kier molecular flexibility index (Phi) is 3.82. The van der Waals surface area contributed by atoms with Crippen molar-refractivity contribution >= 4 is 39.1 Å². The van der Waals surface area contributed by atoms with Crippen LogP contribution in [-0.2, 0) is 0 Å². The second kappa shape index (κ2) is 5.34. The van der Waals surface area contributed by atoms with Gasteiger partial charge >= 0.3 is 0 Å². The molecular formula is C13H9BrClNO. The molecule has 1 N–H and O–H groups in total. The normalized spacial score (nSPS) is 10.0. The predicted octanol–water partition coefficient (Wildman–Crippen LogP) is 4.35. The summed E-state index contributed by atoms with van der Waals surface area (Å²) in [6.45, 7) is 0. The van der Waals surface area contributed by atoms with Crippen LogP contribution >= 0.6 is 27.5 Å². The lowest BCUT2D eigenvalue weighted by Crippen LogP contribution is -2.11. The second-order valence-corrected chi connectivity index (χ2v) is 4.83. The molecule has 0 radical (unpaired) electrons. The SMILES string of the molecule is O=C(Nc1cccc(Cl)c1)c1cccc(Br)c1. The van der Waals surface area contributed by atoms with Crippen molar-refractivity contribution in [2.45, 2.75) is 0 Å². The van der Waals surface area contributed by atoms with Crippen LogP contribution in [0.4, 0.5) is 5.69 Å². The Morgan fingerprint density at radius 2 is 1.88 bits per heavy atom. The summed E-state index contributed by atoms with van der Waals surface area (Å²) in [6.07, 6.45) is 0. The first-order chi connectivity index (χ1) is 8.15. The molecule has 0 aliphatic carbocycles. The van der Waals surface area contributed by atoms with E-state index in [4.69, 9.17) is 11.6 Å². The molecule has 4 heteroatoms. The van der Waals surface area contributed by atoms with Crippen molar-refractivity contribution in [3.05, 3.63) is 63.6 Å². The number of hydrogen-bond donors (Lipinski definition) is 1. The van der Waals surface area contributed by atoms with Gasteiger partial charge in [-0.05, 0) is 36.4 Å². The molecule has 0 bridgehead atoms. The molecule has 0 aliphatic heterocycles. The van der Waals surface area contributed by atoms with Gasteiger partial charge in [-0.1, -0.05) is 39.7 Å². The summed E-state index contributed by atoms with van der Waals surface area (Å²) in [5.41, 5.74) is 1.28. The van der Waals surface area contributed by atoms with Crippen LogP contribution < -0.4 is 5.32 Å². The zero-order chi connectivity index (χ0) is 12.3. The van der Waals surface area contributed by atoms with Gasteiger partial charge in [-0.15, -0.1) is 0 Å². The number of halogens is 2. The Morgan fingerprint density at radius 3 is 2.59 bits per heavy atom. The molecule has 0 heterocycles. The Bertz CT molecular complexity index is 557. The van der Waals surface area contributed by atoms with Crippen LogP contribution in [0.2, 0.25) is 5.02 Å². The number of rotatable bonds is 2. The molecule has 0 atom stereocenters. The van der Waals surface area contributed by atoms with Crippen LogP contribution in [0.3, 0.4) is 0 Å². The third kappa shape index (κ3) is 3.32. The zero-order valence-corrected chi connectivity index (χ0v) is 11.1. The maximum Gasteiger partial charge on any atom is 0.255 e. The minimum absolute atomic E-state index is 0.159. The van der Waals surface area contributed by atoms with Crippen molar-refractivity contribution in [3.63, 3.8) is 0 Å². The standard InChI is InChI=1S/C13H9BrClNO/c14-10-4-1-3-9(7-10)13(17)16-12-6-2-5-11(15)8-12/h1-8H,(H,16,17). The molecule has 0 saturated carbocycles. The van der Waals surface area contributed by atoms with E-state index in [9.17, 15) is 4.79 Å². The zero-order valence-electron chi connectivity index (χ0n) is 8.78. The first kappa shape index (κ1) is 12.1. The van der Waals surface area contributed by atoms with Crippen LogP contribution in [0.5, 0.6) is 0 Å². The summed E-state index contributed by atoms with van der Waals surface area (Å²) >= 11 is 9.17. The van der Waals surface area contributed by atoms with Crippen molar-refractivity contribution < 1.29 is 4.79 Å². The Balaban J connectivity index is 2.17. The molecule has 1 amide bonds. The van der Waals surface area contributed by atoms with Gasteiger partial charge in [0.2, 0.25) is 0 Å². The van der Waals surface area contributed by atoms with Gasteiger partial charge in [-0.25, -0.2) is 0 Å². The van der Waals surface area contributed by atoms with Crippen molar-refractivity contribution in [1.29, 1.82) is 0 Å². The van der Waals surface area contributed by atoms with E-state index in [1.807, 2.05) is 12.1 Å². The summed E-state index contributed by atoms with van der Waals surface area (Å²) in [6, 6.07) is 14.3. The molecule has 0 saturated heterocycles. The maximum atomic E-state index is 11.9. The van der Waals surface area contributed by atoms with E-state index >= 15 is 0 Å². The molecule has 0 fully saturated rings. The number of nitrogens with one attached hydrogen (secondary N) is 1. The van der Waals surface area contributed by atoms with Crippen LogP contribution in [0, 0.1) is 0 Å². The lowest BCUT2D eigenvalue weighted by molar-refractivity contribution is 0.102. The highest BCUT2D eigenvalue weighted by atomic mass is 79.9. The fourth-order valence-electron chi connectivity index (χ4n) is 1.40. The summed E-state index contributed by atoms with van der Waals surface area (Å²) in [4.78, 5) is 11.9. The molecule has 0 unspecified atom stereocenters. The van der Waals surface area contributed by atoms with Gasteiger partial charge < -0.3 is 5.32 Å². The van der Waals surface area contributed by atoms with Crippen molar-refractivity contribution in [2.24, 2.45) is 0 Å². The fraction of sp³-hybridized carbons (Fsp3) is 0. The molecule has 17 heavy (non-hydrogen) atoms. The van der Waals surface area contributed by atoms with E-state index < -0.39 is 0 Å². The quantitative estimate of drug-likeness (QED) is 0.877. The van der Waals surface area contributed by atoms with E-state index in [-0.39, 0.29) is 5.91 Å². The highest BCUT2D eigenvalue weighted by Gasteiger charge is 2.06. The Hall–Kier alpha value is -1.32. The number of amides is 1. The predicted molar refractivity (Wildman–Crippen MR) is 73.5 cm³/mol. The minimum atomic E-state index is -0.159. The topological polar surface area (TPSA) is 29.1 Å². The van der Waals surface area contributed by atoms with Gasteiger partial charge in [0.1, 0.15) is 0 Å². The van der Waals surface area contributed by atoms with Gasteiger partial charge in [0.15, 0.2) is 0 Å². The van der Waals surface area contributed by atoms with Crippen molar-refractivity contribution in [3.8, 4) is 0 Å². The third-order valence-electron chi connectivity index (χ3n) is 2.17. The summed E-state index contributed by atoms with van der Waals surface area (Å²) in [5, 5.41) is 3.38. The number of carbonyl (C=O) groups excluding carboxylic acids is 1. The largest absolute Gasteiger partial charge is 0.322 e. The van der Waals surface area contributed by atoms with Gasteiger partial charge in [0, 0.05) is 20.7 Å². The molecular weight excluding hydrogens is 302 g/mol. The lowest BCUT2D eigenvalue weighted by atomic mass is 10.2. The van der Waals surface area contributed by atoms with Gasteiger partial charge in [-0.2, -0.15) is 0 Å². The lowest BCUT2D eigenvalue weighted by Gasteiger charge is -2.05. The van der Waals surface area contributed by atoms with Crippen molar-refractivity contribution in [2.75, 3.05) is 5.32 Å². The molecule has 0 spiro atoms. The Morgan fingerprint density at radius 1 is 1.12 bits per heavy atom. The van der Waals surface area contributed by atoms with Gasteiger partial charge in [0.05, 0.1) is 0 Å². The van der Waals surface area contributed by atoms with Gasteiger partial charge in [0.25, 0.3) is 5.91 Å². The maximum absolute atomic E-state index is 11.9. The number of hydrogen-bond acceptors (Lipinski definition) is 1. The smallest absolute Gasteiger partial charge is 0.255 e. The number of benzene rings is 2. The van der Waals surface area contributed by atoms with Crippen LogP contribution in [0.15, 0.2) is 53.0 Å². The second-order valence-electron chi connectivity index (χ2n) is 3.47. The van der Waals surface area contributed by atoms with E-state index in [1.165, 1.54) is 0 Å². The van der Waals surface area contributed by atoms with Crippen LogP contribution in [0.1, 0.15) is 10.4 Å². The summed E-state index contributed by atoms with van der Waals surface area (Å²) in [7, 11) is 0. The third-order valence-corrected chi connectivity index (χ3v) is 2.90. The molecule has 0 aromatic heterocycles. The van der Waals surface area contributed by atoms with E-state index in [2.05, 4.69) is 21.2 Å². The first-order valence-corrected chi connectivity index (χ1v) is 6.15. The average Bonchev–Trinajstić information content (AvgIpc) is 2.29. The number of carbonyl (C=O) groups is 1. The summed E-state index contributed by atoms with van der Waals surface area (Å²) in [5.74, 6) is -0.159. The fourth-order valence-corrected chi connectivity index (χ4v) is 1.99. The highest BCUT2D eigenvalue weighted by molar-refractivity contribution is 9.10. The van der Waals surface area contributed by atoms with Crippen LogP contribution in [0.25, 0.3) is 0 Å². The van der Waals surface area contributed by atoms with E-state index in [0.717, 1.165) is 4.47 Å². The number of anilines is 1. The summed E-state index contributed by atoms with van der Waals surface area (Å²) < 4.78 is 0.872. The highest BCUT2D eigenvalue weighted by Crippen LogP contribution is 2.17. The van der Waals surface area contributed by atoms with E-state index in [1.54, 1.807) is 36.4 Å². The molecule has 2 aromatic carbocycles. The monoisotopic (exact) mass is 309 g/mol. The van der Waals surface area contributed by atoms with Gasteiger partial charge in [-0.3, -0.25) is 4.79 Å². The van der Waals surface area contributed by atoms with Crippen molar-refractivity contribution in [1.82, 2.24) is 0 Å². The molecule has 86 valence electrons. The molecule has 2 rings (SSSR count). The molecule has 2 nitrogen and oxygen atoms in total. The average molecular weight is 311 g/mol. The Labute approximate surface area is 113 Å².